The predicted octanol–water partition coefficient (Wildman–Crippen LogP) is 1.11. The molecule has 1 aromatic rings. The Labute approximate surface area is 107 Å². The summed E-state index contributed by atoms with van der Waals surface area (Å²) in [6, 6.07) is 7.53. The lowest BCUT2D eigenvalue weighted by atomic mass is 9.96. The van der Waals surface area contributed by atoms with E-state index in [-0.39, 0.29) is 18.1 Å². The number of carbonyl (C=O) groups is 1. The Balaban J connectivity index is 2.28. The molecule has 0 aliphatic carbocycles. The number of piperazine rings is 1. The summed E-state index contributed by atoms with van der Waals surface area (Å²) in [6.07, 6.45) is 0. The number of methoxy groups -OCH3 is 1. The number of rotatable bonds is 2. The van der Waals surface area contributed by atoms with Gasteiger partial charge in [-0.2, -0.15) is 0 Å². The molecule has 1 aliphatic rings. The number of nitrogens with one attached hydrogen (secondary N) is 1. The second-order valence-corrected chi connectivity index (χ2v) is 4.49. The van der Waals surface area contributed by atoms with Crippen LogP contribution in [-0.4, -0.2) is 37.2 Å². The van der Waals surface area contributed by atoms with Gasteiger partial charge in [-0.3, -0.25) is 0 Å². The zero-order valence-electron chi connectivity index (χ0n) is 10.7. The van der Waals surface area contributed by atoms with Crippen LogP contribution in [0.5, 0.6) is 5.75 Å². The molecule has 2 atom stereocenters. The van der Waals surface area contributed by atoms with Crippen molar-refractivity contribution in [2.75, 3.05) is 20.2 Å². The summed E-state index contributed by atoms with van der Waals surface area (Å²) < 4.78 is 5.14. The summed E-state index contributed by atoms with van der Waals surface area (Å²) in [5.41, 5.74) is 6.51. The average Bonchev–Trinajstić information content (AvgIpc) is 2.38. The number of benzene rings is 1. The van der Waals surface area contributed by atoms with Crippen LogP contribution in [0.4, 0.5) is 4.79 Å². The highest BCUT2D eigenvalue weighted by Crippen LogP contribution is 2.27. The van der Waals surface area contributed by atoms with E-state index in [2.05, 4.69) is 12.2 Å². The zero-order valence-corrected chi connectivity index (χ0v) is 10.7. The molecule has 1 fully saturated rings. The Morgan fingerprint density at radius 1 is 1.44 bits per heavy atom. The molecule has 0 aromatic heterocycles. The lowest BCUT2D eigenvalue weighted by molar-refractivity contribution is 0.144. The normalized spacial score (nSPS) is 23.8. The van der Waals surface area contributed by atoms with Crippen molar-refractivity contribution < 1.29 is 9.53 Å². The lowest BCUT2D eigenvalue weighted by Crippen LogP contribution is -2.54. The number of primary amides is 1. The highest BCUT2D eigenvalue weighted by molar-refractivity contribution is 5.73. The van der Waals surface area contributed by atoms with Gasteiger partial charge in [0.2, 0.25) is 0 Å². The van der Waals surface area contributed by atoms with Crippen molar-refractivity contribution in [3.05, 3.63) is 29.8 Å². The predicted molar refractivity (Wildman–Crippen MR) is 69.5 cm³/mol. The van der Waals surface area contributed by atoms with Gasteiger partial charge in [0, 0.05) is 19.1 Å². The van der Waals surface area contributed by atoms with E-state index >= 15 is 0 Å². The zero-order chi connectivity index (χ0) is 13.1. The number of hydrogen-bond donors (Lipinski definition) is 2. The summed E-state index contributed by atoms with van der Waals surface area (Å²) in [6.45, 7) is 3.47. The van der Waals surface area contributed by atoms with Gasteiger partial charge in [-0.05, 0) is 24.6 Å². The molecule has 0 saturated carbocycles. The minimum atomic E-state index is -0.371. The number of nitrogens with zero attached hydrogens (tertiary/aromatic N) is 1. The van der Waals surface area contributed by atoms with Crippen LogP contribution in [0.3, 0.4) is 0 Å². The minimum Gasteiger partial charge on any atom is -0.497 e. The maximum absolute atomic E-state index is 11.5. The van der Waals surface area contributed by atoms with Crippen molar-refractivity contribution in [2.45, 2.75) is 19.0 Å². The van der Waals surface area contributed by atoms with Crippen LogP contribution in [-0.2, 0) is 0 Å². The minimum absolute atomic E-state index is 0.0258. The third-order valence-corrected chi connectivity index (χ3v) is 3.37. The summed E-state index contributed by atoms with van der Waals surface area (Å²) >= 11 is 0. The summed E-state index contributed by atoms with van der Waals surface area (Å²) in [5, 5.41) is 3.36. The quantitative estimate of drug-likeness (QED) is 0.825. The van der Waals surface area contributed by atoms with Crippen molar-refractivity contribution in [3.8, 4) is 5.75 Å². The molecule has 1 heterocycles. The summed E-state index contributed by atoms with van der Waals surface area (Å²) in [4.78, 5) is 13.2. The van der Waals surface area contributed by atoms with Gasteiger partial charge >= 0.3 is 6.03 Å². The fourth-order valence-corrected chi connectivity index (χ4v) is 2.45. The first-order chi connectivity index (χ1) is 8.63. The summed E-state index contributed by atoms with van der Waals surface area (Å²) in [7, 11) is 1.63. The number of urea groups is 1. The highest BCUT2D eigenvalue weighted by atomic mass is 16.5. The Morgan fingerprint density at radius 2 is 2.11 bits per heavy atom. The molecule has 5 heteroatoms. The molecular formula is C13H19N3O2. The maximum atomic E-state index is 11.5. The average molecular weight is 249 g/mol. The monoisotopic (exact) mass is 249 g/mol. The Kier molecular flexibility index (Phi) is 3.72. The van der Waals surface area contributed by atoms with Crippen LogP contribution in [0, 0.1) is 0 Å². The second-order valence-electron chi connectivity index (χ2n) is 4.49. The van der Waals surface area contributed by atoms with E-state index in [9.17, 15) is 4.79 Å². The topological polar surface area (TPSA) is 67.6 Å². The van der Waals surface area contributed by atoms with Crippen LogP contribution in [0.1, 0.15) is 18.5 Å². The third-order valence-electron chi connectivity index (χ3n) is 3.37. The van der Waals surface area contributed by atoms with Crippen molar-refractivity contribution >= 4 is 6.03 Å². The molecule has 1 saturated heterocycles. The number of ether oxygens (including phenoxy) is 1. The molecule has 0 radical (unpaired) electrons. The van der Waals surface area contributed by atoms with Gasteiger partial charge in [0.1, 0.15) is 5.75 Å². The Hall–Kier alpha value is -1.75. The molecule has 5 nitrogen and oxygen atoms in total. The van der Waals surface area contributed by atoms with E-state index in [0.29, 0.717) is 6.54 Å². The maximum Gasteiger partial charge on any atom is 0.315 e. The molecule has 3 N–H and O–H groups in total. The van der Waals surface area contributed by atoms with Crippen LogP contribution in [0.25, 0.3) is 0 Å². The number of nitrogens with two attached hydrogens (primary N) is 1. The van der Waals surface area contributed by atoms with Crippen molar-refractivity contribution in [1.82, 2.24) is 10.2 Å². The van der Waals surface area contributed by atoms with E-state index in [1.54, 1.807) is 12.0 Å². The molecule has 98 valence electrons. The number of amides is 2. The van der Waals surface area contributed by atoms with E-state index in [0.717, 1.165) is 17.9 Å². The van der Waals surface area contributed by atoms with Gasteiger partial charge in [0.25, 0.3) is 0 Å². The largest absolute Gasteiger partial charge is 0.497 e. The van der Waals surface area contributed by atoms with E-state index in [4.69, 9.17) is 10.5 Å². The van der Waals surface area contributed by atoms with Gasteiger partial charge in [-0.15, -0.1) is 0 Å². The van der Waals surface area contributed by atoms with Crippen LogP contribution in [0.15, 0.2) is 24.3 Å². The molecule has 1 aromatic carbocycles. The van der Waals surface area contributed by atoms with E-state index in [1.807, 2.05) is 24.3 Å². The molecule has 2 unspecified atom stereocenters. The second kappa shape index (κ2) is 5.27. The molecule has 0 bridgehead atoms. The van der Waals surface area contributed by atoms with Crippen molar-refractivity contribution in [1.29, 1.82) is 0 Å². The molecule has 1 aliphatic heterocycles. The van der Waals surface area contributed by atoms with Crippen molar-refractivity contribution in [2.24, 2.45) is 5.73 Å². The molecule has 18 heavy (non-hydrogen) atoms. The third kappa shape index (κ3) is 2.41. The van der Waals surface area contributed by atoms with E-state index in [1.165, 1.54) is 0 Å². The number of carbonyl (C=O) groups excluding carboxylic acids is 1. The first-order valence-electron chi connectivity index (χ1n) is 6.07. The van der Waals surface area contributed by atoms with Gasteiger partial charge in [0.15, 0.2) is 0 Å². The molecule has 2 rings (SSSR count). The van der Waals surface area contributed by atoms with Gasteiger partial charge in [-0.1, -0.05) is 12.1 Å². The Bertz CT molecular complexity index is 419. The molecule has 0 spiro atoms. The molecular weight excluding hydrogens is 230 g/mol. The Morgan fingerprint density at radius 3 is 2.67 bits per heavy atom. The SMILES string of the molecule is COc1ccc(C2C(C)NCCN2C(N)=O)cc1. The van der Waals surface area contributed by atoms with Crippen LogP contribution < -0.4 is 15.8 Å². The van der Waals surface area contributed by atoms with E-state index < -0.39 is 0 Å². The first kappa shape index (κ1) is 12.7. The highest BCUT2D eigenvalue weighted by Gasteiger charge is 2.31. The first-order valence-corrected chi connectivity index (χ1v) is 6.07. The smallest absolute Gasteiger partial charge is 0.315 e. The molecule has 2 amide bonds. The van der Waals surface area contributed by atoms with Gasteiger partial charge < -0.3 is 20.7 Å². The number of hydrogen-bond acceptors (Lipinski definition) is 3. The standard InChI is InChI=1S/C13H19N3O2/c1-9-12(16(13(14)17)8-7-15-9)10-3-5-11(18-2)6-4-10/h3-6,9,12,15H,7-8H2,1-2H3,(H2,14,17). The summed E-state index contributed by atoms with van der Waals surface area (Å²) in [5.74, 6) is 0.806. The lowest BCUT2D eigenvalue weighted by Gasteiger charge is -2.40. The fourth-order valence-electron chi connectivity index (χ4n) is 2.45. The fraction of sp³-hybridized carbons (Fsp3) is 0.462. The van der Waals surface area contributed by atoms with Gasteiger partial charge in [0.05, 0.1) is 13.2 Å². The van der Waals surface area contributed by atoms with Crippen LogP contribution >= 0.6 is 0 Å². The van der Waals surface area contributed by atoms with Crippen LogP contribution in [0.2, 0.25) is 0 Å². The van der Waals surface area contributed by atoms with Crippen molar-refractivity contribution in [3.63, 3.8) is 0 Å². The van der Waals surface area contributed by atoms with Gasteiger partial charge in [-0.25, -0.2) is 4.79 Å².